The van der Waals surface area contributed by atoms with Crippen LogP contribution >= 0.6 is 34.4 Å². The Kier molecular flexibility index (Phi) is 5.24. The zero-order valence-electron chi connectivity index (χ0n) is 16.1. The molecule has 0 fully saturated rings. The summed E-state index contributed by atoms with van der Waals surface area (Å²) in [6.45, 7) is 2.76. The van der Waals surface area contributed by atoms with Gasteiger partial charge in [0, 0.05) is 18.1 Å². The maximum absolute atomic E-state index is 12.5. The number of amides is 1. The van der Waals surface area contributed by atoms with Gasteiger partial charge < -0.3 is 4.57 Å². The Morgan fingerprint density at radius 2 is 1.97 bits per heavy atom. The molecule has 150 valence electrons. The predicted molar refractivity (Wildman–Crippen MR) is 122 cm³/mol. The van der Waals surface area contributed by atoms with Crippen molar-refractivity contribution in [2.24, 2.45) is 4.99 Å². The van der Waals surface area contributed by atoms with Crippen LogP contribution in [-0.4, -0.2) is 30.8 Å². The van der Waals surface area contributed by atoms with Gasteiger partial charge in [0.25, 0.3) is 5.91 Å². The topological polar surface area (TPSA) is 64.5 Å². The molecule has 0 radical (unpaired) electrons. The highest BCUT2D eigenvalue weighted by atomic mass is 32.2. The van der Waals surface area contributed by atoms with Crippen molar-refractivity contribution in [3.05, 3.63) is 76.0 Å². The molecule has 0 N–H and O–H groups in total. The molecule has 0 aliphatic carbocycles. The van der Waals surface area contributed by atoms with Crippen molar-refractivity contribution in [3.8, 4) is 0 Å². The maximum Gasteiger partial charge on any atom is 0.258 e. The van der Waals surface area contributed by atoms with Gasteiger partial charge in [-0.25, -0.2) is 0 Å². The van der Waals surface area contributed by atoms with Crippen LogP contribution in [0.5, 0.6) is 0 Å². The fourth-order valence-electron chi connectivity index (χ4n) is 3.11. The minimum Gasteiger partial charge on any atom is -0.319 e. The van der Waals surface area contributed by atoms with Crippen molar-refractivity contribution in [2.45, 2.75) is 18.6 Å². The zero-order chi connectivity index (χ0) is 20.5. The second kappa shape index (κ2) is 8.17. The third-order valence-corrected chi connectivity index (χ3v) is 7.31. The summed E-state index contributed by atoms with van der Waals surface area (Å²) in [5.74, 6) is 0.0318. The highest BCUT2D eigenvalue weighted by Gasteiger charge is 2.14. The first kappa shape index (κ1) is 19.2. The second-order valence-electron chi connectivity index (χ2n) is 6.76. The summed E-state index contributed by atoms with van der Waals surface area (Å²) in [5.41, 5.74) is 3.47. The standard InChI is InChI=1S/C21H17N5OS3/c1-14-6-8-15(9-7-14)12-25-10-11-28-19(25)22-18(27)13-29-20-23-24-21-26(20)16-4-2-3-5-17(16)30-21/h2-11H,12-13H2,1H3. The number of fused-ring (bicyclic) bond motifs is 3. The van der Waals surface area contributed by atoms with Crippen LogP contribution < -0.4 is 4.80 Å². The Balaban J connectivity index is 1.33. The smallest absolute Gasteiger partial charge is 0.258 e. The third-order valence-electron chi connectivity index (χ3n) is 4.59. The fourth-order valence-corrected chi connectivity index (χ4v) is 5.61. The molecule has 0 unspecified atom stereocenters. The van der Waals surface area contributed by atoms with Crippen molar-refractivity contribution in [1.82, 2.24) is 19.2 Å². The molecular formula is C21H17N5OS3. The number of aromatic nitrogens is 4. The SMILES string of the molecule is Cc1ccc(Cn2ccsc2=NC(=O)CSc2nnc3sc4ccccc4n23)cc1. The first-order valence-corrected chi connectivity index (χ1v) is 12.0. The predicted octanol–water partition coefficient (Wildman–Crippen LogP) is 4.38. The number of carbonyl (C=O) groups is 1. The molecular weight excluding hydrogens is 434 g/mol. The summed E-state index contributed by atoms with van der Waals surface area (Å²) in [5, 5.41) is 11.2. The quantitative estimate of drug-likeness (QED) is 0.372. The van der Waals surface area contributed by atoms with E-state index in [1.807, 2.05) is 38.7 Å². The number of hydrogen-bond donors (Lipinski definition) is 0. The molecule has 3 heterocycles. The van der Waals surface area contributed by atoms with E-state index in [0.29, 0.717) is 16.5 Å². The molecule has 0 saturated heterocycles. The van der Waals surface area contributed by atoms with E-state index in [1.54, 1.807) is 11.3 Å². The third kappa shape index (κ3) is 3.83. The van der Waals surface area contributed by atoms with Crippen LogP contribution in [0.15, 0.2) is 70.3 Å². The Hall–Kier alpha value is -2.75. The lowest BCUT2D eigenvalue weighted by Gasteiger charge is -2.03. The maximum atomic E-state index is 12.5. The largest absolute Gasteiger partial charge is 0.319 e. The Bertz CT molecular complexity index is 1410. The molecule has 3 aromatic heterocycles. The van der Waals surface area contributed by atoms with Crippen molar-refractivity contribution >= 4 is 55.5 Å². The normalized spacial score (nSPS) is 12.2. The summed E-state index contributed by atoms with van der Waals surface area (Å²) < 4.78 is 5.15. The Labute approximate surface area is 184 Å². The van der Waals surface area contributed by atoms with E-state index in [-0.39, 0.29) is 11.7 Å². The average molecular weight is 452 g/mol. The highest BCUT2D eigenvalue weighted by Crippen LogP contribution is 2.29. The summed E-state index contributed by atoms with van der Waals surface area (Å²) in [4.78, 5) is 18.4. The van der Waals surface area contributed by atoms with Crippen LogP contribution in [-0.2, 0) is 11.3 Å². The van der Waals surface area contributed by atoms with Gasteiger partial charge in [-0.05, 0) is 24.6 Å². The first-order chi connectivity index (χ1) is 14.7. The number of nitrogens with zero attached hydrogens (tertiary/aromatic N) is 5. The van der Waals surface area contributed by atoms with Crippen molar-refractivity contribution in [2.75, 3.05) is 5.75 Å². The molecule has 9 heteroatoms. The molecule has 5 aromatic rings. The molecule has 30 heavy (non-hydrogen) atoms. The number of thiazole rings is 2. The number of thioether (sulfide) groups is 1. The fraction of sp³-hybridized carbons (Fsp3) is 0.143. The summed E-state index contributed by atoms with van der Waals surface area (Å²) in [7, 11) is 0. The van der Waals surface area contributed by atoms with Gasteiger partial charge in [-0.15, -0.1) is 21.5 Å². The van der Waals surface area contributed by atoms with Crippen LogP contribution in [0, 0.1) is 6.92 Å². The molecule has 0 aliphatic heterocycles. The van der Waals surface area contributed by atoms with E-state index < -0.39 is 0 Å². The number of hydrogen-bond acceptors (Lipinski definition) is 6. The van der Waals surface area contributed by atoms with Gasteiger partial charge in [0.1, 0.15) is 0 Å². The molecule has 0 atom stereocenters. The Morgan fingerprint density at radius 3 is 2.83 bits per heavy atom. The molecule has 2 aromatic carbocycles. The minimum absolute atomic E-state index is 0.184. The molecule has 6 nitrogen and oxygen atoms in total. The van der Waals surface area contributed by atoms with Crippen LogP contribution in [0.1, 0.15) is 11.1 Å². The zero-order valence-corrected chi connectivity index (χ0v) is 18.5. The summed E-state index contributed by atoms with van der Waals surface area (Å²) in [6, 6.07) is 16.5. The monoisotopic (exact) mass is 451 g/mol. The number of rotatable bonds is 5. The van der Waals surface area contributed by atoms with Crippen LogP contribution in [0.4, 0.5) is 0 Å². The van der Waals surface area contributed by atoms with Gasteiger partial charge in [0.05, 0.1) is 16.0 Å². The Morgan fingerprint density at radius 1 is 1.13 bits per heavy atom. The van der Waals surface area contributed by atoms with Gasteiger partial charge in [0.15, 0.2) is 9.96 Å². The lowest BCUT2D eigenvalue weighted by molar-refractivity contribution is -0.115. The van der Waals surface area contributed by atoms with E-state index >= 15 is 0 Å². The molecule has 0 saturated carbocycles. The van der Waals surface area contributed by atoms with Crippen molar-refractivity contribution in [3.63, 3.8) is 0 Å². The number of aryl methyl sites for hydroxylation is 1. The van der Waals surface area contributed by atoms with Gasteiger partial charge in [-0.2, -0.15) is 4.99 Å². The van der Waals surface area contributed by atoms with Gasteiger partial charge in [0.2, 0.25) is 4.96 Å². The molecule has 0 aliphatic rings. The van der Waals surface area contributed by atoms with Gasteiger partial charge in [-0.1, -0.05) is 65.1 Å². The van der Waals surface area contributed by atoms with Crippen LogP contribution in [0.2, 0.25) is 0 Å². The average Bonchev–Trinajstić information content (AvgIpc) is 3.44. The number of para-hydroxylation sites is 1. The van der Waals surface area contributed by atoms with Crippen LogP contribution in [0.25, 0.3) is 15.2 Å². The van der Waals surface area contributed by atoms with Crippen LogP contribution in [0.3, 0.4) is 0 Å². The molecule has 0 bridgehead atoms. The van der Waals surface area contributed by atoms with Gasteiger partial charge in [-0.3, -0.25) is 9.20 Å². The molecule has 1 amide bonds. The molecule has 0 spiro atoms. The van der Waals surface area contributed by atoms with E-state index in [9.17, 15) is 4.79 Å². The van der Waals surface area contributed by atoms with E-state index in [1.165, 1.54) is 34.2 Å². The highest BCUT2D eigenvalue weighted by molar-refractivity contribution is 7.99. The number of benzene rings is 2. The lowest BCUT2D eigenvalue weighted by Crippen LogP contribution is -2.17. The van der Waals surface area contributed by atoms with Gasteiger partial charge >= 0.3 is 0 Å². The minimum atomic E-state index is -0.184. The summed E-state index contributed by atoms with van der Waals surface area (Å²) in [6.07, 6.45) is 1.96. The van der Waals surface area contributed by atoms with E-state index in [4.69, 9.17) is 0 Å². The second-order valence-corrected chi connectivity index (χ2v) is 9.59. The lowest BCUT2D eigenvalue weighted by atomic mass is 10.1. The van der Waals surface area contributed by atoms with Crippen molar-refractivity contribution in [1.29, 1.82) is 0 Å². The molecule has 5 rings (SSSR count). The van der Waals surface area contributed by atoms with Crippen molar-refractivity contribution < 1.29 is 4.79 Å². The van der Waals surface area contributed by atoms with E-state index in [2.05, 4.69) is 52.4 Å². The summed E-state index contributed by atoms with van der Waals surface area (Å²) >= 11 is 4.42. The van der Waals surface area contributed by atoms with E-state index in [0.717, 1.165) is 15.2 Å². The number of carbonyl (C=O) groups excluding carboxylic acids is 1. The first-order valence-electron chi connectivity index (χ1n) is 9.30.